The van der Waals surface area contributed by atoms with E-state index >= 15 is 0 Å². The van der Waals surface area contributed by atoms with E-state index in [1.54, 1.807) is 7.11 Å². The molecule has 0 fully saturated rings. The number of nitriles is 1. The maximum atomic E-state index is 8.61. The third-order valence-electron chi connectivity index (χ3n) is 2.98. The number of rotatable bonds is 4. The molecule has 1 aromatic carbocycles. The fourth-order valence-corrected chi connectivity index (χ4v) is 2.26. The highest BCUT2D eigenvalue weighted by atomic mass is 16.5. The molecule has 1 aromatic rings. The largest absolute Gasteiger partial charge is 0.497 e. The number of nitrogens with zero attached hydrogens (tertiary/aromatic N) is 1. The monoisotopic (exact) mass is 217 g/mol. The minimum absolute atomic E-state index is 0.436. The summed E-state index contributed by atoms with van der Waals surface area (Å²) >= 11 is 0. The molecule has 2 nitrogen and oxygen atoms in total. The van der Waals surface area contributed by atoms with Gasteiger partial charge in [0.15, 0.2) is 0 Å². The molecule has 0 aliphatic carbocycles. The molecule has 0 spiro atoms. The normalized spacial score (nSPS) is 11.9. The van der Waals surface area contributed by atoms with Gasteiger partial charge in [-0.05, 0) is 55.0 Å². The molecule has 0 heterocycles. The summed E-state index contributed by atoms with van der Waals surface area (Å²) in [6.45, 7) is 6.39. The fraction of sp³-hybridized carbons (Fsp3) is 0.500. The van der Waals surface area contributed by atoms with E-state index in [2.05, 4.69) is 39.0 Å². The van der Waals surface area contributed by atoms with Crippen molar-refractivity contribution < 1.29 is 4.74 Å². The fourth-order valence-electron chi connectivity index (χ4n) is 2.26. The van der Waals surface area contributed by atoms with Crippen LogP contribution in [0.15, 0.2) is 12.1 Å². The molecule has 0 saturated heterocycles. The number of methoxy groups -OCH3 is 1. The molecular weight excluding hydrogens is 198 g/mol. The van der Waals surface area contributed by atoms with E-state index in [4.69, 9.17) is 10.00 Å². The van der Waals surface area contributed by atoms with Crippen LogP contribution in [0.2, 0.25) is 0 Å². The van der Waals surface area contributed by atoms with E-state index in [0.29, 0.717) is 12.3 Å². The van der Waals surface area contributed by atoms with Crippen molar-refractivity contribution >= 4 is 0 Å². The van der Waals surface area contributed by atoms with Crippen LogP contribution in [0.25, 0.3) is 0 Å². The van der Waals surface area contributed by atoms with Crippen molar-refractivity contribution in [3.63, 3.8) is 0 Å². The zero-order valence-electron chi connectivity index (χ0n) is 10.5. The number of benzene rings is 1. The summed E-state index contributed by atoms with van der Waals surface area (Å²) in [7, 11) is 1.69. The molecule has 16 heavy (non-hydrogen) atoms. The van der Waals surface area contributed by atoms with Gasteiger partial charge in [0.2, 0.25) is 0 Å². The number of ether oxygens (including phenoxy) is 1. The van der Waals surface area contributed by atoms with Crippen LogP contribution in [-0.4, -0.2) is 7.11 Å². The van der Waals surface area contributed by atoms with Gasteiger partial charge in [0.05, 0.1) is 13.2 Å². The molecule has 1 rings (SSSR count). The Morgan fingerprint density at radius 2 is 1.88 bits per heavy atom. The summed E-state index contributed by atoms with van der Waals surface area (Å²) in [5, 5.41) is 8.61. The van der Waals surface area contributed by atoms with Gasteiger partial charge in [-0.3, -0.25) is 0 Å². The summed E-state index contributed by atoms with van der Waals surface area (Å²) in [5.74, 6) is 1.34. The summed E-state index contributed by atoms with van der Waals surface area (Å²) < 4.78 is 5.24. The Balaban J connectivity index is 3.00. The van der Waals surface area contributed by atoms with Crippen molar-refractivity contribution in [3.8, 4) is 11.8 Å². The first-order valence-corrected chi connectivity index (χ1v) is 5.62. The van der Waals surface area contributed by atoms with E-state index < -0.39 is 0 Å². The van der Waals surface area contributed by atoms with Gasteiger partial charge < -0.3 is 4.74 Å². The van der Waals surface area contributed by atoms with Crippen LogP contribution in [0.3, 0.4) is 0 Å². The molecule has 1 unspecified atom stereocenters. The van der Waals surface area contributed by atoms with Gasteiger partial charge >= 0.3 is 0 Å². The number of aryl methyl sites for hydroxylation is 2. The Labute approximate surface area is 97.9 Å². The van der Waals surface area contributed by atoms with Crippen LogP contribution < -0.4 is 4.74 Å². The van der Waals surface area contributed by atoms with E-state index in [9.17, 15) is 0 Å². The molecule has 0 radical (unpaired) electrons. The summed E-state index contributed by atoms with van der Waals surface area (Å²) in [5.41, 5.74) is 3.86. The average molecular weight is 217 g/mol. The second kappa shape index (κ2) is 5.55. The second-order valence-corrected chi connectivity index (χ2v) is 4.27. The van der Waals surface area contributed by atoms with Crippen LogP contribution in [0.1, 0.15) is 42.4 Å². The van der Waals surface area contributed by atoms with Gasteiger partial charge in [-0.1, -0.05) is 6.92 Å². The van der Waals surface area contributed by atoms with E-state index in [0.717, 1.165) is 12.2 Å². The van der Waals surface area contributed by atoms with Crippen LogP contribution >= 0.6 is 0 Å². The Bertz CT molecular complexity index is 381. The van der Waals surface area contributed by atoms with Crippen LogP contribution in [0.5, 0.6) is 5.75 Å². The quantitative estimate of drug-likeness (QED) is 0.770. The third kappa shape index (κ3) is 2.76. The van der Waals surface area contributed by atoms with Gasteiger partial charge in [-0.25, -0.2) is 0 Å². The Morgan fingerprint density at radius 1 is 1.31 bits per heavy atom. The molecule has 0 aliphatic rings. The Hall–Kier alpha value is -1.49. The molecule has 0 N–H and O–H groups in total. The maximum Gasteiger partial charge on any atom is 0.119 e. The summed E-state index contributed by atoms with van der Waals surface area (Å²) in [6.07, 6.45) is 1.54. The lowest BCUT2D eigenvalue weighted by Gasteiger charge is -2.17. The number of hydrogen-bond donors (Lipinski definition) is 0. The van der Waals surface area contributed by atoms with Gasteiger partial charge in [0.25, 0.3) is 0 Å². The molecule has 0 aromatic heterocycles. The SMILES string of the molecule is COc1cc(C)c(C(C)CCC#N)c(C)c1. The average Bonchev–Trinajstić information content (AvgIpc) is 2.25. The molecule has 0 amide bonds. The van der Waals surface area contributed by atoms with E-state index in [1.807, 2.05) is 0 Å². The first-order valence-electron chi connectivity index (χ1n) is 5.62. The molecule has 0 saturated carbocycles. The van der Waals surface area contributed by atoms with E-state index in [1.165, 1.54) is 16.7 Å². The van der Waals surface area contributed by atoms with Crippen molar-refractivity contribution in [1.82, 2.24) is 0 Å². The predicted molar refractivity (Wildman–Crippen MR) is 65.7 cm³/mol. The lowest BCUT2D eigenvalue weighted by atomic mass is 9.89. The Kier molecular flexibility index (Phi) is 4.37. The van der Waals surface area contributed by atoms with Crippen LogP contribution in [0.4, 0.5) is 0 Å². The molecule has 86 valence electrons. The highest BCUT2D eigenvalue weighted by Crippen LogP contribution is 2.30. The maximum absolute atomic E-state index is 8.61. The van der Waals surface area contributed by atoms with Gasteiger partial charge in [0, 0.05) is 6.42 Å². The van der Waals surface area contributed by atoms with Crippen LogP contribution in [0, 0.1) is 25.2 Å². The highest BCUT2D eigenvalue weighted by molar-refractivity contribution is 5.42. The standard InChI is InChI=1S/C14H19NO/c1-10(6-5-7-15)14-11(2)8-13(16-4)9-12(14)3/h8-10H,5-6H2,1-4H3. The molecule has 0 aliphatic heterocycles. The molecular formula is C14H19NO. The molecule has 0 bridgehead atoms. The van der Waals surface area contributed by atoms with Gasteiger partial charge in [0.1, 0.15) is 5.75 Å². The van der Waals surface area contributed by atoms with Crippen molar-refractivity contribution in [2.24, 2.45) is 0 Å². The summed E-state index contributed by atoms with van der Waals surface area (Å²) in [6, 6.07) is 6.33. The third-order valence-corrected chi connectivity index (χ3v) is 2.98. The zero-order valence-corrected chi connectivity index (χ0v) is 10.5. The van der Waals surface area contributed by atoms with Gasteiger partial charge in [-0.15, -0.1) is 0 Å². The smallest absolute Gasteiger partial charge is 0.119 e. The lowest BCUT2D eigenvalue weighted by Crippen LogP contribution is -2.01. The van der Waals surface area contributed by atoms with Crippen molar-refractivity contribution in [1.29, 1.82) is 5.26 Å². The Morgan fingerprint density at radius 3 is 2.31 bits per heavy atom. The molecule has 2 heteroatoms. The lowest BCUT2D eigenvalue weighted by molar-refractivity contribution is 0.413. The van der Waals surface area contributed by atoms with Crippen molar-refractivity contribution in [2.45, 2.75) is 39.5 Å². The minimum atomic E-state index is 0.436. The first kappa shape index (κ1) is 12.6. The predicted octanol–water partition coefficient (Wildman–Crippen LogP) is 3.72. The summed E-state index contributed by atoms with van der Waals surface area (Å²) in [4.78, 5) is 0. The van der Waals surface area contributed by atoms with E-state index in [-0.39, 0.29) is 0 Å². The number of hydrogen-bond acceptors (Lipinski definition) is 2. The van der Waals surface area contributed by atoms with Crippen LogP contribution in [-0.2, 0) is 0 Å². The van der Waals surface area contributed by atoms with Crippen molar-refractivity contribution in [3.05, 3.63) is 28.8 Å². The highest BCUT2D eigenvalue weighted by Gasteiger charge is 2.12. The van der Waals surface area contributed by atoms with Crippen molar-refractivity contribution in [2.75, 3.05) is 7.11 Å². The minimum Gasteiger partial charge on any atom is -0.497 e. The second-order valence-electron chi connectivity index (χ2n) is 4.27. The van der Waals surface area contributed by atoms with Gasteiger partial charge in [-0.2, -0.15) is 5.26 Å². The topological polar surface area (TPSA) is 33.0 Å². The molecule has 1 atom stereocenters. The first-order chi connectivity index (χ1) is 7.60. The zero-order chi connectivity index (χ0) is 12.1.